The molecule has 0 bridgehead atoms. The Morgan fingerprint density at radius 2 is 2.33 bits per heavy atom. The van der Waals surface area contributed by atoms with Crippen LogP contribution < -0.4 is 10.2 Å². The number of nitrogens with zero attached hydrogens (tertiary/aromatic N) is 3. The van der Waals surface area contributed by atoms with E-state index < -0.39 is 0 Å². The number of carbonyl (C=O) groups is 1. The second-order valence-electron chi connectivity index (χ2n) is 4.25. The first-order valence-electron chi connectivity index (χ1n) is 5.97. The van der Waals surface area contributed by atoms with Crippen molar-refractivity contribution < 1.29 is 4.79 Å². The number of rotatable bonds is 5. The number of hydrogen-bond donors (Lipinski definition) is 1. The lowest BCUT2D eigenvalue weighted by molar-refractivity contribution is -0.120. The van der Waals surface area contributed by atoms with E-state index in [2.05, 4.69) is 10.3 Å². The van der Waals surface area contributed by atoms with E-state index in [9.17, 15) is 4.79 Å². The van der Waals surface area contributed by atoms with Crippen molar-refractivity contribution in [3.63, 3.8) is 0 Å². The van der Waals surface area contributed by atoms with Gasteiger partial charge < -0.3 is 10.2 Å². The van der Waals surface area contributed by atoms with Gasteiger partial charge in [-0.15, -0.1) is 0 Å². The van der Waals surface area contributed by atoms with E-state index in [0.717, 1.165) is 5.69 Å². The molecule has 0 aromatic carbocycles. The molecule has 0 saturated heterocycles. The van der Waals surface area contributed by atoms with Crippen molar-refractivity contribution in [2.24, 2.45) is 0 Å². The van der Waals surface area contributed by atoms with Gasteiger partial charge in [0, 0.05) is 24.5 Å². The highest BCUT2D eigenvalue weighted by molar-refractivity contribution is 5.81. The molecule has 0 unspecified atom stereocenters. The Morgan fingerprint density at radius 3 is 2.89 bits per heavy atom. The Bertz CT molecular complexity index is 451. The van der Waals surface area contributed by atoms with Crippen LogP contribution in [0, 0.1) is 11.3 Å². The molecule has 18 heavy (non-hydrogen) atoms. The number of likely N-dealkylation sites (N-methyl/N-ethyl adjacent to an activating group) is 1. The van der Waals surface area contributed by atoms with Gasteiger partial charge in [-0.2, -0.15) is 5.26 Å². The maximum atomic E-state index is 11.7. The molecule has 0 radical (unpaired) electrons. The predicted octanol–water partition coefficient (Wildman–Crippen LogP) is 1.30. The van der Waals surface area contributed by atoms with Gasteiger partial charge in [0.25, 0.3) is 0 Å². The topological polar surface area (TPSA) is 69.0 Å². The number of hydrogen-bond acceptors (Lipinski definition) is 4. The van der Waals surface area contributed by atoms with E-state index in [0.29, 0.717) is 12.2 Å². The molecular formula is C13H18N4O. The molecule has 0 atom stereocenters. The molecular weight excluding hydrogens is 228 g/mol. The Labute approximate surface area is 107 Å². The molecule has 0 aliphatic heterocycles. The highest BCUT2D eigenvalue weighted by Gasteiger charge is 2.11. The van der Waals surface area contributed by atoms with Crippen LogP contribution in [0.3, 0.4) is 0 Å². The van der Waals surface area contributed by atoms with Crippen LogP contribution in [0.15, 0.2) is 18.3 Å². The molecule has 96 valence electrons. The summed E-state index contributed by atoms with van der Waals surface area (Å²) in [5.41, 5.74) is 1.19. The fourth-order valence-electron chi connectivity index (χ4n) is 1.60. The normalized spacial score (nSPS) is 9.94. The van der Waals surface area contributed by atoms with E-state index in [4.69, 9.17) is 5.26 Å². The lowest BCUT2D eigenvalue weighted by Gasteiger charge is -2.23. The zero-order chi connectivity index (χ0) is 13.5. The summed E-state index contributed by atoms with van der Waals surface area (Å²) in [6.45, 7) is 6.79. The standard InChI is InChI=1S/C13H18N4O/c1-4-17(9-13(18)16-10(2)3)12-5-6-15-11(7-12)8-14/h5-7,10H,4,9H2,1-3H3,(H,16,18). The summed E-state index contributed by atoms with van der Waals surface area (Å²) in [6.07, 6.45) is 1.58. The zero-order valence-electron chi connectivity index (χ0n) is 11.0. The molecule has 1 amide bonds. The maximum Gasteiger partial charge on any atom is 0.239 e. The summed E-state index contributed by atoms with van der Waals surface area (Å²) < 4.78 is 0. The number of carbonyl (C=O) groups excluding carboxylic acids is 1. The first-order chi connectivity index (χ1) is 8.56. The molecule has 1 aromatic heterocycles. The minimum absolute atomic E-state index is 0.0258. The molecule has 1 aromatic rings. The fraction of sp³-hybridized carbons (Fsp3) is 0.462. The second kappa shape index (κ2) is 6.60. The quantitative estimate of drug-likeness (QED) is 0.850. The van der Waals surface area contributed by atoms with Crippen LogP contribution in [0.1, 0.15) is 26.5 Å². The van der Waals surface area contributed by atoms with Crippen molar-refractivity contribution in [2.45, 2.75) is 26.8 Å². The van der Waals surface area contributed by atoms with Crippen LogP contribution in [0.4, 0.5) is 5.69 Å². The minimum Gasteiger partial charge on any atom is -0.362 e. The van der Waals surface area contributed by atoms with Crippen LogP contribution in [0.5, 0.6) is 0 Å². The maximum absolute atomic E-state index is 11.7. The fourth-order valence-corrected chi connectivity index (χ4v) is 1.60. The summed E-state index contributed by atoms with van der Waals surface area (Å²) >= 11 is 0. The van der Waals surface area contributed by atoms with Gasteiger partial charge >= 0.3 is 0 Å². The van der Waals surface area contributed by atoms with Gasteiger partial charge in [0.05, 0.1) is 6.54 Å². The van der Waals surface area contributed by atoms with Crippen LogP contribution in [-0.2, 0) is 4.79 Å². The average molecular weight is 246 g/mol. The first-order valence-corrected chi connectivity index (χ1v) is 5.97. The molecule has 0 aliphatic carbocycles. The lowest BCUT2D eigenvalue weighted by Crippen LogP contribution is -2.40. The molecule has 0 spiro atoms. The second-order valence-corrected chi connectivity index (χ2v) is 4.25. The van der Waals surface area contributed by atoms with Gasteiger partial charge in [-0.1, -0.05) is 0 Å². The third-order valence-corrected chi connectivity index (χ3v) is 2.39. The number of pyridine rings is 1. The van der Waals surface area contributed by atoms with Crippen LogP contribution in [-0.4, -0.2) is 30.0 Å². The number of anilines is 1. The van der Waals surface area contributed by atoms with Gasteiger partial charge in [0.15, 0.2) is 0 Å². The summed E-state index contributed by atoms with van der Waals surface area (Å²) in [4.78, 5) is 17.5. The van der Waals surface area contributed by atoms with E-state index in [-0.39, 0.29) is 18.5 Å². The van der Waals surface area contributed by atoms with Gasteiger partial charge in [-0.05, 0) is 32.9 Å². The molecule has 1 N–H and O–H groups in total. The third-order valence-electron chi connectivity index (χ3n) is 2.39. The van der Waals surface area contributed by atoms with Crippen LogP contribution in [0.25, 0.3) is 0 Å². The molecule has 0 aliphatic rings. The van der Waals surface area contributed by atoms with Gasteiger partial charge in [0.1, 0.15) is 11.8 Å². The molecule has 1 rings (SSSR count). The largest absolute Gasteiger partial charge is 0.362 e. The minimum atomic E-state index is -0.0258. The number of amides is 1. The third kappa shape index (κ3) is 4.06. The van der Waals surface area contributed by atoms with Crippen molar-refractivity contribution in [3.8, 4) is 6.07 Å². The predicted molar refractivity (Wildman–Crippen MR) is 70.1 cm³/mol. The van der Waals surface area contributed by atoms with Crippen LogP contribution in [0.2, 0.25) is 0 Å². The van der Waals surface area contributed by atoms with Crippen molar-refractivity contribution in [3.05, 3.63) is 24.0 Å². The summed E-state index contributed by atoms with van der Waals surface area (Å²) in [7, 11) is 0. The number of aromatic nitrogens is 1. The van der Waals surface area contributed by atoms with E-state index >= 15 is 0 Å². The molecule has 1 heterocycles. The molecule has 5 heteroatoms. The lowest BCUT2D eigenvalue weighted by atomic mass is 10.3. The summed E-state index contributed by atoms with van der Waals surface area (Å²) in [5.74, 6) is -0.0258. The molecule has 0 fully saturated rings. The Kier molecular flexibility index (Phi) is 5.12. The van der Waals surface area contributed by atoms with E-state index in [1.54, 1.807) is 18.3 Å². The van der Waals surface area contributed by atoms with Crippen molar-refractivity contribution in [1.82, 2.24) is 10.3 Å². The van der Waals surface area contributed by atoms with Crippen molar-refractivity contribution in [2.75, 3.05) is 18.0 Å². The highest BCUT2D eigenvalue weighted by atomic mass is 16.2. The summed E-state index contributed by atoms with van der Waals surface area (Å²) in [6, 6.07) is 5.61. The van der Waals surface area contributed by atoms with Gasteiger partial charge in [-0.25, -0.2) is 4.98 Å². The Balaban J connectivity index is 2.77. The molecule has 0 saturated carbocycles. The first kappa shape index (κ1) is 14.0. The monoisotopic (exact) mass is 246 g/mol. The van der Waals surface area contributed by atoms with E-state index in [1.165, 1.54) is 0 Å². The molecule has 5 nitrogen and oxygen atoms in total. The van der Waals surface area contributed by atoms with Gasteiger partial charge in [-0.3, -0.25) is 4.79 Å². The number of nitriles is 1. The zero-order valence-corrected chi connectivity index (χ0v) is 11.0. The smallest absolute Gasteiger partial charge is 0.239 e. The van der Waals surface area contributed by atoms with Crippen LogP contribution >= 0.6 is 0 Å². The Morgan fingerprint density at radius 1 is 1.61 bits per heavy atom. The van der Waals surface area contributed by atoms with E-state index in [1.807, 2.05) is 31.7 Å². The van der Waals surface area contributed by atoms with Crippen molar-refractivity contribution >= 4 is 11.6 Å². The average Bonchev–Trinajstić information content (AvgIpc) is 2.35. The summed E-state index contributed by atoms with van der Waals surface area (Å²) in [5, 5.41) is 11.7. The van der Waals surface area contributed by atoms with Crippen molar-refractivity contribution in [1.29, 1.82) is 5.26 Å². The van der Waals surface area contributed by atoms with Gasteiger partial charge in [0.2, 0.25) is 5.91 Å². The highest BCUT2D eigenvalue weighted by Crippen LogP contribution is 2.13. The Hall–Kier alpha value is -2.09. The number of nitrogens with one attached hydrogen (secondary N) is 1. The SMILES string of the molecule is CCN(CC(=O)NC(C)C)c1ccnc(C#N)c1.